The molecule has 0 aliphatic heterocycles. The van der Waals surface area contributed by atoms with E-state index in [-0.39, 0.29) is 11.4 Å². The van der Waals surface area contributed by atoms with Gasteiger partial charge in [-0.3, -0.25) is 14.9 Å². The lowest BCUT2D eigenvalue weighted by Gasteiger charge is -2.12. The molecule has 1 amide bonds. The van der Waals surface area contributed by atoms with Crippen molar-refractivity contribution in [3.8, 4) is 0 Å². The number of aromatic nitrogens is 4. The maximum atomic E-state index is 12.4. The predicted octanol–water partition coefficient (Wildman–Crippen LogP) is 1.29. The Morgan fingerprint density at radius 2 is 2.14 bits per heavy atom. The topological polar surface area (TPSA) is 103 Å². The van der Waals surface area contributed by atoms with Gasteiger partial charge in [-0.1, -0.05) is 22.5 Å². The SMILES string of the molecule is Cc1cc(NC(=O)[C@H](C)n2nnc3ccccc3c2=O)on1. The molecule has 0 radical (unpaired) electrons. The van der Waals surface area contributed by atoms with E-state index >= 15 is 0 Å². The van der Waals surface area contributed by atoms with Crippen LogP contribution in [0.25, 0.3) is 10.9 Å². The summed E-state index contributed by atoms with van der Waals surface area (Å²) in [6, 6.07) is 7.58. The fourth-order valence-electron chi connectivity index (χ4n) is 2.01. The van der Waals surface area contributed by atoms with Crippen LogP contribution in [0.5, 0.6) is 0 Å². The minimum absolute atomic E-state index is 0.219. The van der Waals surface area contributed by atoms with Crippen LogP contribution in [0.3, 0.4) is 0 Å². The van der Waals surface area contributed by atoms with Crippen LogP contribution in [0.2, 0.25) is 0 Å². The summed E-state index contributed by atoms with van der Waals surface area (Å²) in [5.41, 5.74) is 0.759. The largest absolute Gasteiger partial charge is 0.338 e. The van der Waals surface area contributed by atoms with Gasteiger partial charge in [-0.05, 0) is 26.0 Å². The Kier molecular flexibility index (Phi) is 3.42. The number of amides is 1. The standard InChI is InChI=1S/C14H13N5O3/c1-8-7-12(22-17-8)15-13(20)9(2)19-14(21)10-5-3-4-6-11(10)16-18-19/h3-7,9H,1-2H3,(H,15,20)/t9-/m0/s1. The third-order valence-corrected chi connectivity index (χ3v) is 3.21. The van der Waals surface area contributed by atoms with E-state index in [0.717, 1.165) is 4.68 Å². The van der Waals surface area contributed by atoms with Crippen LogP contribution in [0, 0.1) is 6.92 Å². The molecule has 2 aromatic heterocycles. The second-order valence-corrected chi connectivity index (χ2v) is 4.85. The van der Waals surface area contributed by atoms with Crippen LogP contribution in [-0.4, -0.2) is 26.1 Å². The molecule has 1 aromatic carbocycles. The molecule has 0 saturated carbocycles. The first-order chi connectivity index (χ1) is 10.6. The number of benzene rings is 1. The van der Waals surface area contributed by atoms with Gasteiger partial charge in [-0.2, -0.15) is 4.68 Å². The molecule has 0 aliphatic carbocycles. The van der Waals surface area contributed by atoms with Crippen molar-refractivity contribution in [3.05, 3.63) is 46.4 Å². The summed E-state index contributed by atoms with van der Waals surface area (Å²) in [6.45, 7) is 3.30. The van der Waals surface area contributed by atoms with Gasteiger partial charge in [0.2, 0.25) is 5.88 Å². The predicted molar refractivity (Wildman–Crippen MR) is 78.4 cm³/mol. The molecule has 1 N–H and O–H groups in total. The van der Waals surface area contributed by atoms with E-state index in [2.05, 4.69) is 20.8 Å². The third kappa shape index (κ3) is 2.46. The number of fused-ring (bicyclic) bond motifs is 1. The smallest absolute Gasteiger partial charge is 0.278 e. The highest BCUT2D eigenvalue weighted by Crippen LogP contribution is 2.12. The van der Waals surface area contributed by atoms with Crippen LogP contribution in [-0.2, 0) is 4.79 Å². The molecule has 112 valence electrons. The Hall–Kier alpha value is -3.03. The molecule has 0 unspecified atom stereocenters. The van der Waals surface area contributed by atoms with Crippen molar-refractivity contribution in [1.82, 2.24) is 20.2 Å². The van der Waals surface area contributed by atoms with Gasteiger partial charge in [0.05, 0.1) is 11.1 Å². The average molecular weight is 299 g/mol. The molecule has 8 nitrogen and oxygen atoms in total. The first kappa shape index (κ1) is 13.9. The molecular formula is C14H13N5O3. The first-order valence-corrected chi connectivity index (χ1v) is 6.64. The van der Waals surface area contributed by atoms with Crippen LogP contribution in [0.4, 0.5) is 5.88 Å². The summed E-state index contributed by atoms with van der Waals surface area (Å²) >= 11 is 0. The highest BCUT2D eigenvalue weighted by molar-refractivity contribution is 5.92. The maximum Gasteiger partial charge on any atom is 0.278 e. The van der Waals surface area contributed by atoms with E-state index in [0.29, 0.717) is 16.6 Å². The van der Waals surface area contributed by atoms with Crippen molar-refractivity contribution in [1.29, 1.82) is 0 Å². The van der Waals surface area contributed by atoms with Crippen molar-refractivity contribution in [2.24, 2.45) is 0 Å². The third-order valence-electron chi connectivity index (χ3n) is 3.21. The molecule has 22 heavy (non-hydrogen) atoms. The number of carbonyl (C=O) groups excluding carboxylic acids is 1. The summed E-state index contributed by atoms with van der Waals surface area (Å²) in [4.78, 5) is 24.6. The fourth-order valence-corrected chi connectivity index (χ4v) is 2.01. The molecule has 0 spiro atoms. The Labute approximate surface area is 124 Å². The van der Waals surface area contributed by atoms with Gasteiger partial charge >= 0.3 is 0 Å². The van der Waals surface area contributed by atoms with Gasteiger partial charge in [0.25, 0.3) is 11.5 Å². The van der Waals surface area contributed by atoms with Crippen LogP contribution in [0.1, 0.15) is 18.7 Å². The lowest BCUT2D eigenvalue weighted by Crippen LogP contribution is -2.34. The van der Waals surface area contributed by atoms with Gasteiger partial charge in [0.1, 0.15) is 11.6 Å². The zero-order valence-corrected chi connectivity index (χ0v) is 12.0. The van der Waals surface area contributed by atoms with E-state index < -0.39 is 11.9 Å². The zero-order chi connectivity index (χ0) is 15.7. The quantitative estimate of drug-likeness (QED) is 0.781. The Balaban J connectivity index is 1.91. The molecule has 3 aromatic rings. The van der Waals surface area contributed by atoms with Crippen molar-refractivity contribution in [2.75, 3.05) is 5.32 Å². The molecule has 3 rings (SSSR count). The number of anilines is 1. The van der Waals surface area contributed by atoms with Gasteiger partial charge in [-0.15, -0.1) is 5.10 Å². The molecule has 8 heteroatoms. The number of hydrogen-bond acceptors (Lipinski definition) is 6. The number of nitrogens with zero attached hydrogens (tertiary/aromatic N) is 4. The highest BCUT2D eigenvalue weighted by Gasteiger charge is 2.20. The lowest BCUT2D eigenvalue weighted by molar-refractivity contribution is -0.119. The number of hydrogen-bond donors (Lipinski definition) is 1. The molecular weight excluding hydrogens is 286 g/mol. The van der Waals surface area contributed by atoms with E-state index in [9.17, 15) is 9.59 Å². The molecule has 0 fully saturated rings. The monoisotopic (exact) mass is 299 g/mol. The van der Waals surface area contributed by atoms with Crippen molar-refractivity contribution in [2.45, 2.75) is 19.9 Å². The van der Waals surface area contributed by atoms with E-state index in [1.54, 1.807) is 44.2 Å². The molecule has 0 saturated heterocycles. The Morgan fingerprint density at radius 3 is 2.86 bits per heavy atom. The van der Waals surface area contributed by atoms with Gasteiger partial charge in [-0.25, -0.2) is 0 Å². The van der Waals surface area contributed by atoms with E-state index in [1.807, 2.05) is 0 Å². The Bertz CT molecular complexity index is 899. The summed E-state index contributed by atoms with van der Waals surface area (Å²) in [7, 11) is 0. The summed E-state index contributed by atoms with van der Waals surface area (Å²) in [6.07, 6.45) is 0. The molecule has 0 aliphatic rings. The van der Waals surface area contributed by atoms with Gasteiger partial charge in [0, 0.05) is 6.07 Å². The van der Waals surface area contributed by atoms with Crippen molar-refractivity contribution >= 4 is 22.7 Å². The minimum Gasteiger partial charge on any atom is -0.338 e. The van der Waals surface area contributed by atoms with E-state index in [1.165, 1.54) is 0 Å². The fraction of sp³-hybridized carbons (Fsp3) is 0.214. The number of rotatable bonds is 3. The number of aryl methyl sites for hydroxylation is 1. The molecule has 0 bridgehead atoms. The lowest BCUT2D eigenvalue weighted by atomic mass is 10.2. The number of nitrogens with one attached hydrogen (secondary N) is 1. The van der Waals surface area contributed by atoms with Crippen molar-refractivity contribution in [3.63, 3.8) is 0 Å². The van der Waals surface area contributed by atoms with E-state index in [4.69, 9.17) is 4.52 Å². The van der Waals surface area contributed by atoms with Gasteiger partial charge < -0.3 is 4.52 Å². The molecule has 2 heterocycles. The maximum absolute atomic E-state index is 12.4. The van der Waals surface area contributed by atoms with Crippen LogP contribution < -0.4 is 10.9 Å². The first-order valence-electron chi connectivity index (χ1n) is 6.64. The Morgan fingerprint density at radius 1 is 1.36 bits per heavy atom. The van der Waals surface area contributed by atoms with Crippen LogP contribution >= 0.6 is 0 Å². The number of carbonyl (C=O) groups is 1. The van der Waals surface area contributed by atoms with Crippen molar-refractivity contribution < 1.29 is 9.32 Å². The second kappa shape index (κ2) is 5.40. The minimum atomic E-state index is -0.838. The summed E-state index contributed by atoms with van der Waals surface area (Å²) in [5, 5.41) is 14.4. The van der Waals surface area contributed by atoms with Gasteiger partial charge in [0.15, 0.2) is 0 Å². The van der Waals surface area contributed by atoms with Crippen LogP contribution in [0.15, 0.2) is 39.6 Å². The molecule has 1 atom stereocenters. The average Bonchev–Trinajstić information content (AvgIpc) is 2.92. The summed E-state index contributed by atoms with van der Waals surface area (Å²) in [5.74, 6) is -0.223. The second-order valence-electron chi connectivity index (χ2n) is 4.85. The zero-order valence-electron chi connectivity index (χ0n) is 12.0. The highest BCUT2D eigenvalue weighted by atomic mass is 16.5. The normalized spacial score (nSPS) is 12.3. The summed E-state index contributed by atoms with van der Waals surface area (Å²) < 4.78 is 5.96.